The van der Waals surface area contributed by atoms with Crippen LogP contribution in [0.5, 0.6) is 0 Å². The number of para-hydroxylation sites is 1. The number of benzene rings is 1. The molecule has 230 valence electrons. The van der Waals surface area contributed by atoms with Gasteiger partial charge in [0, 0.05) is 43.0 Å². The number of carbonyl (C=O) groups excluding carboxylic acids is 3. The summed E-state index contributed by atoms with van der Waals surface area (Å²) >= 11 is 0. The first-order chi connectivity index (χ1) is 19.9. The zero-order valence-corrected chi connectivity index (χ0v) is 26.3. The molecular weight excluding hydrogens is 553 g/mol. The van der Waals surface area contributed by atoms with Crippen LogP contribution in [0.4, 0.5) is 14.0 Å². The zero-order valence-electron chi connectivity index (χ0n) is 26.3. The van der Waals surface area contributed by atoms with Gasteiger partial charge in [-0.25, -0.2) is 24.5 Å². The van der Waals surface area contributed by atoms with Crippen LogP contribution in [0.3, 0.4) is 0 Å². The second kappa shape index (κ2) is 11.8. The van der Waals surface area contributed by atoms with Gasteiger partial charge in [-0.2, -0.15) is 4.39 Å². The Labute approximate surface area is 251 Å². The number of carbonyl (C=O) groups is 3. The number of ether oxygens (including phenoxy) is 2. The molecule has 0 fully saturated rings. The van der Waals surface area contributed by atoms with E-state index in [9.17, 15) is 18.8 Å². The third kappa shape index (κ3) is 7.39. The lowest BCUT2D eigenvalue weighted by Crippen LogP contribution is -2.46. The van der Waals surface area contributed by atoms with Crippen LogP contribution in [0, 0.1) is 12.9 Å². The lowest BCUT2D eigenvalue weighted by molar-refractivity contribution is 0.0215. The molecule has 10 nitrogen and oxygen atoms in total. The molecule has 0 saturated heterocycles. The molecule has 43 heavy (non-hydrogen) atoms. The van der Waals surface area contributed by atoms with Gasteiger partial charge in [-0.15, -0.1) is 0 Å². The largest absolute Gasteiger partial charge is 0.444 e. The molecule has 11 heteroatoms. The molecule has 3 aromatic rings. The molecule has 0 radical (unpaired) electrons. The number of hydrogen-bond acceptors (Lipinski definition) is 7. The Balaban J connectivity index is 1.69. The summed E-state index contributed by atoms with van der Waals surface area (Å²) < 4.78 is 25.4. The van der Waals surface area contributed by atoms with E-state index in [-0.39, 0.29) is 18.2 Å². The average Bonchev–Trinajstić information content (AvgIpc) is 3.32. The molecule has 0 saturated carbocycles. The summed E-state index contributed by atoms with van der Waals surface area (Å²) in [6, 6.07) is 7.00. The maximum absolute atomic E-state index is 14.4. The first-order valence-corrected chi connectivity index (χ1v) is 14.2. The SMILES string of the molecule is C/C(=C\CC1CN(C(=O)OC(C)(C)C)C(=O)c2cc(-c3cccc4nc(C)c(F)nc34)[nH]c21)CN(C)C(=O)OC(C)(C)C. The van der Waals surface area contributed by atoms with Gasteiger partial charge in [-0.1, -0.05) is 23.8 Å². The van der Waals surface area contributed by atoms with Crippen molar-refractivity contribution < 1.29 is 28.2 Å². The van der Waals surface area contributed by atoms with Crippen molar-refractivity contribution in [3.05, 3.63) is 58.8 Å². The Morgan fingerprint density at radius 1 is 1.12 bits per heavy atom. The third-order valence-electron chi connectivity index (χ3n) is 6.79. The number of likely N-dealkylation sites (N-methyl/N-ethyl adjacent to an activating group) is 1. The summed E-state index contributed by atoms with van der Waals surface area (Å²) in [6.45, 7) is 14.6. The second-order valence-electron chi connectivity index (χ2n) is 13.0. The van der Waals surface area contributed by atoms with E-state index < -0.39 is 35.2 Å². The minimum atomic E-state index is -0.789. The van der Waals surface area contributed by atoms with Crippen molar-refractivity contribution in [2.24, 2.45) is 0 Å². The zero-order chi connectivity index (χ0) is 31.9. The number of aryl methyl sites for hydroxylation is 1. The lowest BCUT2D eigenvalue weighted by Gasteiger charge is -2.32. The highest BCUT2D eigenvalue weighted by Crippen LogP contribution is 2.36. The molecule has 0 bridgehead atoms. The average molecular weight is 594 g/mol. The fraction of sp³-hybridized carbons (Fsp3) is 0.469. The number of rotatable bonds is 5. The monoisotopic (exact) mass is 593 g/mol. The van der Waals surface area contributed by atoms with E-state index in [0.29, 0.717) is 46.5 Å². The van der Waals surface area contributed by atoms with Gasteiger partial charge in [-0.05, 0) is 73.9 Å². The van der Waals surface area contributed by atoms with Crippen LogP contribution in [0.1, 0.15) is 82.6 Å². The predicted molar refractivity (Wildman–Crippen MR) is 161 cm³/mol. The van der Waals surface area contributed by atoms with Crippen molar-refractivity contribution in [3.8, 4) is 11.3 Å². The molecule has 1 aliphatic heterocycles. The molecule has 1 atom stereocenters. The smallest absolute Gasteiger partial charge is 0.417 e. The lowest BCUT2D eigenvalue weighted by atomic mass is 9.92. The Hall–Kier alpha value is -4.28. The van der Waals surface area contributed by atoms with E-state index in [0.717, 1.165) is 10.5 Å². The van der Waals surface area contributed by atoms with Crippen LogP contribution in [-0.2, 0) is 9.47 Å². The van der Waals surface area contributed by atoms with Gasteiger partial charge in [0.15, 0.2) is 0 Å². The van der Waals surface area contributed by atoms with Crippen LogP contribution >= 0.6 is 0 Å². The fourth-order valence-electron chi connectivity index (χ4n) is 4.87. The normalized spacial score (nSPS) is 15.9. The Bertz CT molecular complexity index is 1600. The number of H-pyrrole nitrogens is 1. The number of nitrogens with one attached hydrogen (secondary N) is 1. The van der Waals surface area contributed by atoms with Gasteiger partial charge in [0.2, 0.25) is 5.95 Å². The van der Waals surface area contributed by atoms with Crippen LogP contribution < -0.4 is 0 Å². The molecule has 1 unspecified atom stereocenters. The number of amides is 3. The van der Waals surface area contributed by atoms with Gasteiger partial charge in [-0.3, -0.25) is 4.79 Å². The van der Waals surface area contributed by atoms with Gasteiger partial charge in [0.25, 0.3) is 5.91 Å². The van der Waals surface area contributed by atoms with E-state index in [2.05, 4.69) is 15.0 Å². The Kier molecular flexibility index (Phi) is 8.67. The van der Waals surface area contributed by atoms with Crippen molar-refractivity contribution >= 4 is 29.1 Å². The summed E-state index contributed by atoms with van der Waals surface area (Å²) in [7, 11) is 1.67. The summed E-state index contributed by atoms with van der Waals surface area (Å²) in [6.07, 6.45) is 1.30. The third-order valence-corrected chi connectivity index (χ3v) is 6.79. The molecule has 0 aliphatic carbocycles. The summed E-state index contributed by atoms with van der Waals surface area (Å²) in [4.78, 5) is 53.6. The van der Waals surface area contributed by atoms with Crippen LogP contribution in [-0.4, -0.2) is 74.2 Å². The number of allylic oxidation sites excluding steroid dienone is 1. The molecule has 4 rings (SSSR count). The van der Waals surface area contributed by atoms with Crippen LogP contribution in [0.2, 0.25) is 0 Å². The molecular formula is C32H40FN5O5. The standard InChI is InChI=1S/C32H40FN5O5/c1-18(16-37(9)29(40)42-31(3,4)5)13-14-20-17-38(30(41)43-32(6,7)8)28(39)22-15-24(35-25(20)22)21-11-10-12-23-26(21)36-27(33)19(2)34-23/h10-13,15,20,35H,14,16-17H2,1-9H3/b18-13+. The molecule has 1 aliphatic rings. The number of fused-ring (bicyclic) bond motifs is 2. The van der Waals surface area contributed by atoms with E-state index in [1.165, 1.54) is 4.90 Å². The minimum Gasteiger partial charge on any atom is -0.444 e. The summed E-state index contributed by atoms with van der Waals surface area (Å²) in [5.41, 5.74) is 2.72. The first kappa shape index (κ1) is 31.7. The molecule has 3 heterocycles. The van der Waals surface area contributed by atoms with Gasteiger partial charge >= 0.3 is 12.2 Å². The number of imide groups is 1. The van der Waals surface area contributed by atoms with Gasteiger partial charge in [0.05, 0.1) is 16.8 Å². The Morgan fingerprint density at radius 2 is 1.79 bits per heavy atom. The quantitative estimate of drug-likeness (QED) is 0.325. The first-order valence-electron chi connectivity index (χ1n) is 14.2. The Morgan fingerprint density at radius 3 is 2.44 bits per heavy atom. The van der Waals surface area contributed by atoms with Crippen LogP contribution in [0.25, 0.3) is 22.3 Å². The predicted octanol–water partition coefficient (Wildman–Crippen LogP) is 6.75. The van der Waals surface area contributed by atoms with Crippen molar-refractivity contribution in [3.63, 3.8) is 0 Å². The van der Waals surface area contributed by atoms with Crippen molar-refractivity contribution in [1.82, 2.24) is 24.8 Å². The number of nitrogens with zero attached hydrogens (tertiary/aromatic N) is 4. The van der Waals surface area contributed by atoms with E-state index in [1.54, 1.807) is 59.0 Å². The van der Waals surface area contributed by atoms with Crippen molar-refractivity contribution in [2.45, 2.75) is 78.9 Å². The summed E-state index contributed by atoms with van der Waals surface area (Å²) in [5, 5.41) is 0. The number of hydrogen-bond donors (Lipinski definition) is 1. The highest BCUT2D eigenvalue weighted by atomic mass is 19.1. The number of halogens is 1. The molecule has 2 aromatic heterocycles. The molecule has 0 spiro atoms. The van der Waals surface area contributed by atoms with Gasteiger partial charge < -0.3 is 19.4 Å². The van der Waals surface area contributed by atoms with E-state index in [1.807, 2.05) is 33.8 Å². The van der Waals surface area contributed by atoms with Crippen molar-refractivity contribution in [1.29, 1.82) is 0 Å². The maximum Gasteiger partial charge on any atom is 0.417 e. The molecule has 1 aromatic carbocycles. The highest BCUT2D eigenvalue weighted by Gasteiger charge is 2.38. The number of aromatic nitrogens is 3. The van der Waals surface area contributed by atoms with E-state index in [4.69, 9.17) is 9.47 Å². The van der Waals surface area contributed by atoms with Crippen molar-refractivity contribution in [2.75, 3.05) is 20.1 Å². The topological polar surface area (TPSA) is 118 Å². The molecule has 3 amide bonds. The van der Waals surface area contributed by atoms with Crippen LogP contribution in [0.15, 0.2) is 35.9 Å². The maximum atomic E-state index is 14.4. The minimum absolute atomic E-state index is 0.0928. The highest BCUT2D eigenvalue weighted by molar-refractivity contribution is 6.06. The molecule has 1 N–H and O–H groups in total. The van der Waals surface area contributed by atoms with E-state index >= 15 is 0 Å². The second-order valence-corrected chi connectivity index (χ2v) is 13.0. The fourth-order valence-corrected chi connectivity index (χ4v) is 4.87. The number of aromatic amines is 1. The summed E-state index contributed by atoms with van der Waals surface area (Å²) in [5.74, 6) is -1.45. The van der Waals surface area contributed by atoms with Gasteiger partial charge in [0.1, 0.15) is 16.7 Å².